The smallest absolute Gasteiger partial charge is 0.355 e. The van der Waals surface area contributed by atoms with E-state index in [-0.39, 0.29) is 17.7 Å². The number of halogens is 2. The van der Waals surface area contributed by atoms with Crippen LogP contribution in [0.4, 0.5) is 8.78 Å². The molecule has 1 aliphatic heterocycles. The van der Waals surface area contributed by atoms with E-state index in [9.17, 15) is 27.5 Å². The highest BCUT2D eigenvalue weighted by Crippen LogP contribution is 2.38. The monoisotopic (exact) mass is 642 g/mol. The van der Waals surface area contributed by atoms with Gasteiger partial charge in [-0.2, -0.15) is 5.10 Å². The van der Waals surface area contributed by atoms with E-state index in [1.807, 2.05) is 0 Å². The largest absolute Gasteiger partial charge is 0.476 e. The zero-order chi connectivity index (χ0) is 31.2. The van der Waals surface area contributed by atoms with E-state index >= 15 is 4.39 Å². The number of carboxylic acid groups (broad SMARTS) is 1. The Morgan fingerprint density at radius 1 is 1.09 bits per heavy atom. The zero-order valence-corrected chi connectivity index (χ0v) is 24.9. The Bertz CT molecular complexity index is 1880. The maximum Gasteiger partial charge on any atom is 0.355 e. The van der Waals surface area contributed by atoms with Gasteiger partial charge in [0.15, 0.2) is 5.69 Å². The van der Waals surface area contributed by atoms with Crippen LogP contribution in [0.2, 0.25) is 0 Å². The molecule has 4 aromatic rings. The first-order chi connectivity index (χ1) is 21.0. The Morgan fingerprint density at radius 2 is 1.84 bits per heavy atom. The lowest BCUT2D eigenvalue weighted by atomic mass is 9.96. The number of carbonyl (C=O) groups excluding carboxylic acids is 1. The van der Waals surface area contributed by atoms with Crippen molar-refractivity contribution in [1.29, 1.82) is 0 Å². The summed E-state index contributed by atoms with van der Waals surface area (Å²) in [7, 11) is -4.27. The molecule has 0 spiro atoms. The molecule has 1 saturated heterocycles. The number of hydrogen-bond acceptors (Lipinski definition) is 8. The number of aromatic nitrogens is 3. The van der Waals surface area contributed by atoms with Gasteiger partial charge >= 0.3 is 5.97 Å². The lowest BCUT2D eigenvalue weighted by molar-refractivity contribution is 0.0689. The molecule has 11 nitrogen and oxygen atoms in total. The minimum absolute atomic E-state index is 0.106. The number of piperazine rings is 1. The van der Waals surface area contributed by atoms with E-state index < -0.39 is 38.4 Å². The molecule has 0 bridgehead atoms. The highest BCUT2D eigenvalue weighted by molar-refractivity contribution is 7.89. The molecule has 2 aromatic heterocycles. The van der Waals surface area contributed by atoms with E-state index in [0.29, 0.717) is 71.7 Å². The number of nitrogens with zero attached hydrogens (tertiary/aromatic N) is 4. The summed E-state index contributed by atoms with van der Waals surface area (Å²) >= 11 is 1.09. The molecule has 230 valence electrons. The van der Waals surface area contributed by atoms with Crippen LogP contribution in [0, 0.1) is 17.6 Å². The van der Waals surface area contributed by atoms with Gasteiger partial charge in [0, 0.05) is 49.1 Å². The summed E-state index contributed by atoms with van der Waals surface area (Å²) in [5, 5.41) is 24.3. The second-order valence-corrected chi connectivity index (χ2v) is 13.2. The van der Waals surface area contributed by atoms with Crippen molar-refractivity contribution in [3.8, 4) is 16.4 Å². The molecule has 0 unspecified atom stereocenters. The van der Waals surface area contributed by atoms with Gasteiger partial charge in [-0.1, -0.05) is 6.07 Å². The van der Waals surface area contributed by atoms with Gasteiger partial charge in [-0.3, -0.25) is 4.79 Å². The van der Waals surface area contributed by atoms with Gasteiger partial charge in [0.05, 0.1) is 17.0 Å². The number of sulfonamides is 1. The standard InChI is InChI=1S/C29H28F2N6O5S2/c30-21-5-4-18(14-19(21)27(38)36-9-7-33-8-10-36)26-20(11-17-3-6-25(22(31)12-17)44(32,41)42)24(13-16-1-2-16)37(35-26)29-34-23(15-43-29)28(39)40/h3-6,12,14-16,33H,1-2,7-11,13H2,(H,39,40)(H2,32,41,42). The van der Waals surface area contributed by atoms with Crippen molar-refractivity contribution in [2.24, 2.45) is 11.1 Å². The molecule has 0 radical (unpaired) electrons. The van der Waals surface area contributed by atoms with Gasteiger partial charge in [0.25, 0.3) is 5.91 Å². The van der Waals surface area contributed by atoms with Gasteiger partial charge in [0.1, 0.15) is 16.5 Å². The lowest BCUT2D eigenvalue weighted by Gasteiger charge is -2.27. The molecule has 1 aliphatic carbocycles. The van der Waals surface area contributed by atoms with Crippen molar-refractivity contribution in [2.45, 2.75) is 30.6 Å². The summed E-state index contributed by atoms with van der Waals surface area (Å²) in [6.45, 7) is 2.06. The average molecular weight is 643 g/mol. The molecule has 15 heteroatoms. The number of benzene rings is 2. The Morgan fingerprint density at radius 3 is 2.48 bits per heavy atom. The summed E-state index contributed by atoms with van der Waals surface area (Å²) in [6.07, 6.45) is 2.64. The molecule has 44 heavy (non-hydrogen) atoms. The van der Waals surface area contributed by atoms with Crippen molar-refractivity contribution in [1.82, 2.24) is 25.0 Å². The van der Waals surface area contributed by atoms with Crippen molar-refractivity contribution in [3.05, 3.63) is 81.5 Å². The molecule has 2 fully saturated rings. The van der Waals surface area contributed by atoms with Gasteiger partial charge < -0.3 is 15.3 Å². The first-order valence-corrected chi connectivity index (χ1v) is 16.3. The van der Waals surface area contributed by atoms with E-state index in [1.54, 1.807) is 9.58 Å². The number of amides is 1. The average Bonchev–Trinajstić information content (AvgIpc) is 3.55. The molecule has 1 amide bonds. The second-order valence-electron chi connectivity index (χ2n) is 10.9. The molecule has 6 rings (SSSR count). The molecule has 2 aromatic carbocycles. The molecule has 0 atom stereocenters. The predicted octanol–water partition coefficient (Wildman–Crippen LogP) is 3.21. The topological polar surface area (TPSA) is 161 Å². The van der Waals surface area contributed by atoms with Crippen molar-refractivity contribution in [2.75, 3.05) is 26.2 Å². The fraction of sp³-hybridized carbons (Fsp3) is 0.310. The summed E-state index contributed by atoms with van der Waals surface area (Å²) in [4.78, 5) is 30.1. The van der Waals surface area contributed by atoms with Crippen LogP contribution in [-0.2, 0) is 22.9 Å². The highest BCUT2D eigenvalue weighted by Gasteiger charge is 2.30. The van der Waals surface area contributed by atoms with E-state index in [4.69, 9.17) is 10.2 Å². The number of carboxylic acids is 1. The lowest BCUT2D eigenvalue weighted by Crippen LogP contribution is -2.46. The summed E-state index contributed by atoms with van der Waals surface area (Å²) in [5.41, 5.74) is 2.34. The fourth-order valence-corrected chi connectivity index (χ4v) is 6.65. The maximum atomic E-state index is 15.1. The third kappa shape index (κ3) is 6.13. The third-order valence-corrected chi connectivity index (χ3v) is 9.48. The minimum atomic E-state index is -4.27. The maximum absolute atomic E-state index is 15.1. The minimum Gasteiger partial charge on any atom is -0.476 e. The van der Waals surface area contributed by atoms with Crippen LogP contribution in [0.3, 0.4) is 0 Å². The van der Waals surface area contributed by atoms with Crippen molar-refractivity contribution in [3.63, 3.8) is 0 Å². The summed E-state index contributed by atoms with van der Waals surface area (Å²) < 4.78 is 55.1. The number of thiazole rings is 1. The Labute approximate surface area is 255 Å². The molecule has 2 aliphatic rings. The van der Waals surface area contributed by atoms with Crippen LogP contribution in [-0.4, -0.2) is 71.2 Å². The van der Waals surface area contributed by atoms with Crippen molar-refractivity contribution < 1.29 is 31.9 Å². The number of rotatable bonds is 9. The second kappa shape index (κ2) is 11.8. The summed E-state index contributed by atoms with van der Waals surface area (Å²) in [5.74, 6) is -2.97. The zero-order valence-electron chi connectivity index (χ0n) is 23.3. The Kier molecular flexibility index (Phi) is 8.04. The normalized spacial score (nSPS) is 15.5. The van der Waals surface area contributed by atoms with E-state index in [1.165, 1.54) is 29.6 Å². The quantitative estimate of drug-likeness (QED) is 0.251. The SMILES string of the molecule is NS(=O)(=O)c1ccc(Cc2c(-c3ccc(F)c(C(=O)N4CCNCC4)c3)nn(-c3nc(C(=O)O)cs3)c2CC2CC2)cc1F. The van der Waals surface area contributed by atoms with Crippen LogP contribution in [0.25, 0.3) is 16.4 Å². The predicted molar refractivity (Wildman–Crippen MR) is 157 cm³/mol. The molecule has 3 heterocycles. The van der Waals surface area contributed by atoms with Crippen LogP contribution in [0.15, 0.2) is 46.7 Å². The van der Waals surface area contributed by atoms with Crippen LogP contribution < -0.4 is 10.5 Å². The number of nitrogens with two attached hydrogens (primary N) is 1. The number of nitrogens with one attached hydrogen (secondary N) is 1. The number of carbonyl (C=O) groups is 2. The first-order valence-electron chi connectivity index (χ1n) is 13.9. The van der Waals surface area contributed by atoms with Crippen LogP contribution in [0.1, 0.15) is 50.5 Å². The van der Waals surface area contributed by atoms with Crippen molar-refractivity contribution >= 4 is 33.2 Å². The van der Waals surface area contributed by atoms with Gasteiger partial charge in [-0.15, -0.1) is 11.3 Å². The number of aromatic carboxylic acids is 1. The van der Waals surface area contributed by atoms with E-state index in [2.05, 4.69) is 10.3 Å². The molecule has 1 saturated carbocycles. The molecular weight excluding hydrogens is 614 g/mol. The fourth-order valence-electron chi connectivity index (χ4n) is 5.29. The third-order valence-electron chi connectivity index (χ3n) is 7.72. The molecule has 4 N–H and O–H groups in total. The summed E-state index contributed by atoms with van der Waals surface area (Å²) in [6, 6.07) is 7.83. The van der Waals surface area contributed by atoms with Gasteiger partial charge in [-0.25, -0.2) is 36.8 Å². The van der Waals surface area contributed by atoms with Crippen LogP contribution in [0.5, 0.6) is 0 Å². The number of primary sulfonamides is 1. The first kappa shape index (κ1) is 30.0. The molecular formula is C29H28F2N6O5S2. The highest BCUT2D eigenvalue weighted by atomic mass is 32.2. The number of hydrogen-bond donors (Lipinski definition) is 3. The Hall–Kier alpha value is -4.05. The van der Waals surface area contributed by atoms with Gasteiger partial charge in [0.2, 0.25) is 15.2 Å². The van der Waals surface area contributed by atoms with E-state index in [0.717, 1.165) is 36.3 Å². The van der Waals surface area contributed by atoms with Crippen LogP contribution >= 0.6 is 11.3 Å². The van der Waals surface area contributed by atoms with Gasteiger partial charge in [-0.05, 0) is 61.1 Å². The Balaban J connectivity index is 1.50.